The predicted octanol–water partition coefficient (Wildman–Crippen LogP) is -0.252. The van der Waals surface area contributed by atoms with E-state index in [1.54, 1.807) is 11.0 Å². The van der Waals surface area contributed by atoms with Crippen LogP contribution < -0.4 is 0 Å². The highest BCUT2D eigenvalue weighted by molar-refractivity contribution is 4.39. The minimum Gasteiger partial charge on any atom is -0.262 e. The first-order valence-corrected chi connectivity index (χ1v) is 1.41. The van der Waals surface area contributed by atoms with Crippen molar-refractivity contribution in [3.8, 4) is 0 Å². The van der Waals surface area contributed by atoms with Crippen molar-refractivity contribution in [2.24, 2.45) is 7.05 Å². The highest BCUT2D eigenvalue weighted by atomic mass is 15.5. The van der Waals surface area contributed by atoms with Gasteiger partial charge in [-0.1, -0.05) is 0 Å². The molecule has 5 heavy (non-hydrogen) atoms. The van der Waals surface area contributed by atoms with E-state index in [0.717, 1.165) is 0 Å². The molecule has 0 atom stereocenters. The molecule has 0 unspecified atom stereocenters. The zero-order chi connectivity index (χ0) is 3.70. The van der Waals surface area contributed by atoms with Gasteiger partial charge in [0.15, 0.2) is 0 Å². The zero-order valence-electron chi connectivity index (χ0n) is 2.97. The monoisotopic (exact) mass is 71.0 g/mol. The second kappa shape index (κ2) is 0.607. The Balaban J connectivity index is 2.83. The first-order chi connectivity index (χ1) is 2.39. The largest absolute Gasteiger partial charge is 0.262 e. The van der Waals surface area contributed by atoms with Crippen molar-refractivity contribution in [2.45, 2.75) is 0 Å². The summed E-state index contributed by atoms with van der Waals surface area (Å²) in [6.07, 6.45) is 1.69. The van der Waals surface area contributed by atoms with Gasteiger partial charge in [0.1, 0.15) is 6.33 Å². The van der Waals surface area contributed by atoms with Crippen molar-refractivity contribution < 1.29 is 0 Å². The number of rotatable bonds is 0. The number of nitrogens with zero attached hydrogens (tertiary/aromatic N) is 2. The first-order valence-electron chi connectivity index (χ1n) is 1.41. The van der Waals surface area contributed by atoms with E-state index in [1.165, 1.54) is 0 Å². The van der Waals surface area contributed by atoms with Gasteiger partial charge < -0.3 is 0 Å². The quantitative estimate of drug-likeness (QED) is 0.449. The van der Waals surface area contributed by atoms with E-state index in [2.05, 4.69) is 10.3 Å². The number of aryl methyl sites for hydroxylation is 1. The maximum Gasteiger partial charge on any atom is 0.132 e. The Labute approximate surface area is 29.6 Å². The van der Waals surface area contributed by atoms with Crippen LogP contribution >= 0.6 is 0 Å². The minimum atomic E-state index is 1.69. The summed E-state index contributed by atoms with van der Waals surface area (Å²) in [6, 6.07) is 0. The van der Waals surface area contributed by atoms with Gasteiger partial charge in [0.25, 0.3) is 0 Å². The van der Waals surface area contributed by atoms with Crippen LogP contribution in [-0.4, -0.2) is 15.0 Å². The van der Waals surface area contributed by atoms with Gasteiger partial charge in [0.05, 0.1) is 0 Å². The molecule has 3 nitrogen and oxygen atoms in total. The van der Waals surface area contributed by atoms with Crippen LogP contribution in [0.2, 0.25) is 0 Å². The lowest BCUT2D eigenvalue weighted by atomic mass is 11.2. The molecule has 0 aromatic carbocycles. The number of nitrogens with one attached hydrogen (secondary N) is 1. The van der Waals surface area contributed by atoms with Crippen LogP contribution in [0.5, 0.6) is 0 Å². The maximum absolute atomic E-state index is 3.55. The molecule has 0 aliphatic rings. The van der Waals surface area contributed by atoms with Gasteiger partial charge in [-0.25, -0.2) is 5.21 Å². The lowest BCUT2D eigenvalue weighted by molar-refractivity contribution is 0.576. The number of aromatic amines is 1. The lowest BCUT2D eigenvalue weighted by Crippen LogP contribution is -2.03. The van der Waals surface area contributed by atoms with Gasteiger partial charge in [0, 0.05) is 7.05 Å². The van der Waals surface area contributed by atoms with Crippen molar-refractivity contribution in [3.05, 3.63) is 6.33 Å². The summed E-state index contributed by atoms with van der Waals surface area (Å²) in [6.45, 7) is 0. The molecule has 0 aliphatic carbocycles. The highest BCUT2D eigenvalue weighted by Gasteiger charge is 1.69. The molecule has 1 N–H and O–H groups in total. The molecule has 0 spiro atoms. The van der Waals surface area contributed by atoms with Crippen LogP contribution in [0.1, 0.15) is 0 Å². The molecule has 1 rings (SSSR count). The molecule has 0 saturated heterocycles. The molecular weight excluding hydrogens is 66.0 g/mol. The average molecular weight is 71.1 g/mol. The molecule has 1 aromatic rings. The molecule has 0 radical (unpaired) electrons. The average Bonchev–Trinajstić information content (AvgIpc) is 1.30. The number of hydrogen-bond donors (Lipinski definition) is 1. The summed E-state index contributed by atoms with van der Waals surface area (Å²) in [4.78, 5) is 0. The molecule has 0 amide bonds. The summed E-state index contributed by atoms with van der Waals surface area (Å²) < 4.78 is 1.76. The number of aromatic nitrogens is 3. The Morgan fingerprint density at radius 2 is 2.40 bits per heavy atom. The molecular formula is C2H5N3. The van der Waals surface area contributed by atoms with Crippen molar-refractivity contribution in [1.82, 2.24) is 15.0 Å². The summed E-state index contributed by atoms with van der Waals surface area (Å²) in [5.41, 5.74) is 0. The van der Waals surface area contributed by atoms with E-state index < -0.39 is 0 Å². The number of hydrogen-bond acceptors (Lipinski definition) is 1. The van der Waals surface area contributed by atoms with E-state index in [1.807, 2.05) is 7.05 Å². The van der Waals surface area contributed by atoms with Crippen LogP contribution in [0.15, 0.2) is 6.33 Å². The van der Waals surface area contributed by atoms with Crippen LogP contribution in [0.4, 0.5) is 0 Å². The predicted molar refractivity (Wildman–Crippen MR) is 17.6 cm³/mol. The molecule has 0 fully saturated rings. The normalized spacial score (nSPS) is 9.00. The summed E-state index contributed by atoms with van der Waals surface area (Å²) in [5.74, 6) is 0. The van der Waals surface area contributed by atoms with Crippen molar-refractivity contribution in [3.63, 3.8) is 0 Å². The topological polar surface area (TPSA) is 33.6 Å². The Morgan fingerprint density at radius 3 is 2.40 bits per heavy atom. The third kappa shape index (κ3) is 0.190. The molecule has 0 aliphatic heterocycles. The van der Waals surface area contributed by atoms with Crippen molar-refractivity contribution >= 4 is 0 Å². The maximum atomic E-state index is 3.55. The van der Waals surface area contributed by atoms with Gasteiger partial charge in [-0.2, -0.15) is 0 Å². The van der Waals surface area contributed by atoms with E-state index in [0.29, 0.717) is 0 Å². The van der Waals surface area contributed by atoms with Crippen molar-refractivity contribution in [2.75, 3.05) is 0 Å². The fourth-order valence-corrected chi connectivity index (χ4v) is 0.173. The van der Waals surface area contributed by atoms with Crippen LogP contribution in [0.3, 0.4) is 0 Å². The van der Waals surface area contributed by atoms with Crippen LogP contribution in [-0.2, 0) is 7.05 Å². The molecule has 0 bridgehead atoms. The van der Waals surface area contributed by atoms with Crippen molar-refractivity contribution in [1.29, 1.82) is 0 Å². The van der Waals surface area contributed by atoms with Gasteiger partial charge in [-0.3, -0.25) is 4.68 Å². The fraction of sp³-hybridized carbons (Fsp3) is 0.500. The third-order valence-electron chi connectivity index (χ3n) is 0.446. The molecule has 1 heterocycles. The molecule has 0 saturated carbocycles. The zero-order valence-corrected chi connectivity index (χ0v) is 2.97. The SMILES string of the molecule is Cn1cn[nH]1. The lowest BCUT2D eigenvalue weighted by Gasteiger charge is -1.94. The van der Waals surface area contributed by atoms with E-state index in [4.69, 9.17) is 0 Å². The highest BCUT2D eigenvalue weighted by Crippen LogP contribution is 1.62. The Hall–Kier alpha value is -0.730. The summed E-state index contributed by atoms with van der Waals surface area (Å²) in [5, 5.41) is 6.16. The second-order valence-electron chi connectivity index (χ2n) is 0.955. The van der Waals surface area contributed by atoms with Crippen LogP contribution in [0, 0.1) is 0 Å². The fourth-order valence-electron chi connectivity index (χ4n) is 0.173. The second-order valence-corrected chi connectivity index (χ2v) is 0.955. The molecule has 1 aromatic heterocycles. The smallest absolute Gasteiger partial charge is 0.132 e. The summed E-state index contributed by atoms with van der Waals surface area (Å²) >= 11 is 0. The number of H-pyrrole nitrogens is 1. The Bertz CT molecular complexity index is 87.1. The molecule has 3 heteroatoms. The first kappa shape index (κ1) is 2.50. The van der Waals surface area contributed by atoms with Gasteiger partial charge in [0.2, 0.25) is 0 Å². The van der Waals surface area contributed by atoms with Gasteiger partial charge in [-0.05, 0) is 0 Å². The van der Waals surface area contributed by atoms with Gasteiger partial charge in [-0.15, -0.1) is 5.10 Å². The Morgan fingerprint density at radius 1 is 2.00 bits per heavy atom. The van der Waals surface area contributed by atoms with E-state index in [-0.39, 0.29) is 0 Å². The minimum absolute atomic E-state index is 1.69. The van der Waals surface area contributed by atoms with Gasteiger partial charge >= 0.3 is 0 Å². The molecule has 28 valence electrons. The van der Waals surface area contributed by atoms with E-state index >= 15 is 0 Å². The summed E-state index contributed by atoms with van der Waals surface area (Å²) in [7, 11) is 1.88. The van der Waals surface area contributed by atoms with Crippen LogP contribution in [0.25, 0.3) is 0 Å². The standard InChI is InChI=1S/C2H5N3/c1-5-2-3-4-5/h2,4H,1H3. The Kier molecular flexibility index (Phi) is 0.304. The van der Waals surface area contributed by atoms with E-state index in [9.17, 15) is 0 Å². The third-order valence-corrected chi connectivity index (χ3v) is 0.446.